The maximum absolute atomic E-state index is 12.0. The van der Waals surface area contributed by atoms with E-state index in [4.69, 9.17) is 5.11 Å². The van der Waals surface area contributed by atoms with Crippen LogP contribution in [0.3, 0.4) is 0 Å². The molecule has 0 spiro atoms. The molecule has 0 aromatic carbocycles. The van der Waals surface area contributed by atoms with Gasteiger partial charge in [-0.15, -0.1) is 0 Å². The Morgan fingerprint density at radius 3 is 2.35 bits per heavy atom. The van der Waals surface area contributed by atoms with Crippen molar-refractivity contribution in [1.29, 1.82) is 0 Å². The number of sulfone groups is 1. The van der Waals surface area contributed by atoms with E-state index in [0.29, 0.717) is 0 Å². The Balaban J connectivity index is 2.95. The number of aliphatic carboxylic acids is 1. The van der Waals surface area contributed by atoms with E-state index in [0.717, 1.165) is 0 Å². The smallest absolute Gasteiger partial charge is 0.303 e. The zero-order valence-electron chi connectivity index (χ0n) is 9.57. The Kier molecular flexibility index (Phi) is 4.17. The molecule has 6 nitrogen and oxygen atoms in total. The maximum atomic E-state index is 12.0. The van der Waals surface area contributed by atoms with Gasteiger partial charge in [-0.1, -0.05) is 6.92 Å². The van der Waals surface area contributed by atoms with Gasteiger partial charge in [-0.3, -0.25) is 4.79 Å². The van der Waals surface area contributed by atoms with E-state index in [2.05, 4.69) is 9.97 Å². The molecule has 0 fully saturated rings. The maximum Gasteiger partial charge on any atom is 0.303 e. The lowest BCUT2D eigenvalue weighted by Crippen LogP contribution is -2.28. The number of carboxylic acids is 1. The van der Waals surface area contributed by atoms with Crippen LogP contribution < -0.4 is 0 Å². The summed E-state index contributed by atoms with van der Waals surface area (Å²) in [5, 5.41) is 7.55. The molecule has 1 aromatic heterocycles. The minimum absolute atomic E-state index is 0.201. The highest BCUT2D eigenvalue weighted by molar-refractivity contribution is 7.91. The van der Waals surface area contributed by atoms with Crippen LogP contribution in [-0.4, -0.2) is 34.7 Å². The second-order valence-corrected chi connectivity index (χ2v) is 6.06. The first-order valence-corrected chi connectivity index (χ1v) is 6.63. The van der Waals surface area contributed by atoms with Gasteiger partial charge in [0.25, 0.3) is 0 Å². The fraction of sp³-hybridized carbons (Fsp3) is 0.500. The molecule has 94 valence electrons. The van der Waals surface area contributed by atoms with E-state index in [1.165, 1.54) is 25.4 Å². The van der Waals surface area contributed by atoms with Crippen molar-refractivity contribution in [3.63, 3.8) is 0 Å². The van der Waals surface area contributed by atoms with Crippen molar-refractivity contribution in [3.05, 3.63) is 18.5 Å². The second-order valence-electron chi connectivity index (χ2n) is 3.86. The molecular weight excluding hydrogens is 244 g/mol. The molecule has 0 aliphatic rings. The summed E-state index contributed by atoms with van der Waals surface area (Å²) < 4.78 is 24.1. The molecule has 0 radical (unpaired) electrons. The third kappa shape index (κ3) is 3.23. The molecule has 0 saturated heterocycles. The van der Waals surface area contributed by atoms with Crippen LogP contribution >= 0.6 is 0 Å². The Bertz CT molecular complexity index is 486. The standard InChI is InChI=1S/C10H14N2O4S/c1-7(6-9(13)14)8(2)17(15,16)10-11-4-3-5-12-10/h3-5,7-8H,6H2,1-2H3,(H,13,14)/t7-,8-/m0/s1. The minimum atomic E-state index is -3.67. The van der Waals surface area contributed by atoms with Crippen LogP contribution in [0.5, 0.6) is 0 Å². The number of hydrogen-bond acceptors (Lipinski definition) is 5. The van der Waals surface area contributed by atoms with Crippen molar-refractivity contribution in [2.24, 2.45) is 5.92 Å². The summed E-state index contributed by atoms with van der Waals surface area (Å²) in [5.74, 6) is -1.52. The molecule has 0 bridgehead atoms. The molecule has 0 saturated carbocycles. The van der Waals surface area contributed by atoms with Gasteiger partial charge >= 0.3 is 5.97 Å². The fourth-order valence-electron chi connectivity index (χ4n) is 1.35. The largest absolute Gasteiger partial charge is 0.481 e. The van der Waals surface area contributed by atoms with Crippen LogP contribution in [0.25, 0.3) is 0 Å². The summed E-state index contributed by atoms with van der Waals surface area (Å²) in [6.45, 7) is 3.05. The van der Waals surface area contributed by atoms with Gasteiger partial charge in [-0.2, -0.15) is 0 Å². The summed E-state index contributed by atoms with van der Waals surface area (Å²) in [6.07, 6.45) is 2.48. The molecule has 0 aliphatic carbocycles. The first-order chi connectivity index (χ1) is 7.85. The molecular formula is C10H14N2O4S. The summed E-state index contributed by atoms with van der Waals surface area (Å²) >= 11 is 0. The highest BCUT2D eigenvalue weighted by atomic mass is 32.2. The lowest BCUT2D eigenvalue weighted by molar-refractivity contribution is -0.137. The van der Waals surface area contributed by atoms with Gasteiger partial charge in [-0.25, -0.2) is 18.4 Å². The van der Waals surface area contributed by atoms with Gasteiger partial charge in [0.1, 0.15) is 0 Å². The third-order valence-electron chi connectivity index (χ3n) is 2.58. The average Bonchev–Trinajstić information content (AvgIpc) is 2.28. The first-order valence-electron chi connectivity index (χ1n) is 5.08. The molecule has 1 aromatic rings. The number of hydrogen-bond donors (Lipinski definition) is 1. The average molecular weight is 258 g/mol. The predicted molar refractivity (Wildman–Crippen MR) is 60.1 cm³/mol. The van der Waals surface area contributed by atoms with Crippen LogP contribution in [0.15, 0.2) is 23.6 Å². The van der Waals surface area contributed by atoms with Crippen LogP contribution in [0.4, 0.5) is 0 Å². The van der Waals surface area contributed by atoms with Crippen LogP contribution in [0.2, 0.25) is 0 Å². The van der Waals surface area contributed by atoms with Gasteiger partial charge in [-0.05, 0) is 18.9 Å². The SMILES string of the molecule is C[C@@H](CC(=O)O)[C@H](C)S(=O)(=O)c1ncccn1. The summed E-state index contributed by atoms with van der Waals surface area (Å²) in [5.41, 5.74) is 0. The van der Waals surface area contributed by atoms with Crippen molar-refractivity contribution >= 4 is 15.8 Å². The van der Waals surface area contributed by atoms with Gasteiger partial charge in [0.15, 0.2) is 0 Å². The Labute approximate surface area is 99.6 Å². The summed E-state index contributed by atoms with van der Waals surface area (Å²) in [4.78, 5) is 17.9. The van der Waals surface area contributed by atoms with Crippen molar-refractivity contribution < 1.29 is 18.3 Å². The lowest BCUT2D eigenvalue weighted by atomic mass is 10.1. The van der Waals surface area contributed by atoms with Crippen LogP contribution in [0, 0.1) is 5.92 Å². The Morgan fingerprint density at radius 1 is 1.35 bits per heavy atom. The molecule has 2 atom stereocenters. The van der Waals surface area contributed by atoms with E-state index in [1.54, 1.807) is 6.92 Å². The zero-order chi connectivity index (χ0) is 13.1. The van der Waals surface area contributed by atoms with Crippen molar-refractivity contribution in [2.75, 3.05) is 0 Å². The molecule has 0 unspecified atom stereocenters. The predicted octanol–water partition coefficient (Wildman–Crippen LogP) is 0.750. The van der Waals surface area contributed by atoms with E-state index in [-0.39, 0.29) is 11.6 Å². The molecule has 0 amide bonds. The van der Waals surface area contributed by atoms with Crippen molar-refractivity contribution in [2.45, 2.75) is 30.7 Å². The quantitative estimate of drug-likeness (QED) is 0.783. The third-order valence-corrected chi connectivity index (χ3v) is 4.75. The number of rotatable bonds is 5. The molecule has 1 heterocycles. The highest BCUT2D eigenvalue weighted by Crippen LogP contribution is 2.20. The highest BCUT2D eigenvalue weighted by Gasteiger charge is 2.31. The number of carbonyl (C=O) groups is 1. The number of nitrogens with zero attached hydrogens (tertiary/aromatic N) is 2. The van der Waals surface area contributed by atoms with Crippen molar-refractivity contribution in [1.82, 2.24) is 9.97 Å². The molecule has 1 rings (SSSR count). The van der Waals surface area contributed by atoms with Gasteiger partial charge in [0.2, 0.25) is 15.0 Å². The van der Waals surface area contributed by atoms with Crippen molar-refractivity contribution in [3.8, 4) is 0 Å². The lowest BCUT2D eigenvalue weighted by Gasteiger charge is -2.17. The van der Waals surface area contributed by atoms with E-state index >= 15 is 0 Å². The second kappa shape index (κ2) is 5.22. The normalized spacial score (nSPS) is 15.2. The summed E-state index contributed by atoms with van der Waals surface area (Å²) in [6, 6.07) is 1.52. The number of carboxylic acid groups (broad SMARTS) is 1. The monoisotopic (exact) mass is 258 g/mol. The number of aromatic nitrogens is 2. The molecule has 7 heteroatoms. The first kappa shape index (κ1) is 13.6. The fourth-order valence-corrected chi connectivity index (χ4v) is 2.80. The Morgan fingerprint density at radius 2 is 1.88 bits per heavy atom. The Hall–Kier alpha value is -1.50. The molecule has 0 aliphatic heterocycles. The van der Waals surface area contributed by atoms with Gasteiger partial charge in [0.05, 0.1) is 5.25 Å². The van der Waals surface area contributed by atoms with Gasteiger partial charge in [0, 0.05) is 18.8 Å². The van der Waals surface area contributed by atoms with Crippen LogP contribution in [0.1, 0.15) is 20.3 Å². The zero-order valence-corrected chi connectivity index (χ0v) is 10.4. The van der Waals surface area contributed by atoms with Gasteiger partial charge < -0.3 is 5.11 Å². The molecule has 17 heavy (non-hydrogen) atoms. The summed E-state index contributed by atoms with van der Waals surface area (Å²) in [7, 11) is -3.67. The van der Waals surface area contributed by atoms with Crippen LogP contribution in [-0.2, 0) is 14.6 Å². The van der Waals surface area contributed by atoms with E-state index < -0.39 is 27.0 Å². The van der Waals surface area contributed by atoms with E-state index in [1.807, 2.05) is 0 Å². The minimum Gasteiger partial charge on any atom is -0.481 e. The van der Waals surface area contributed by atoms with E-state index in [9.17, 15) is 13.2 Å². The topological polar surface area (TPSA) is 97.2 Å². The molecule has 1 N–H and O–H groups in total.